The molecule has 0 aliphatic heterocycles. The average molecular weight is 374 g/mol. The van der Waals surface area contributed by atoms with Crippen LogP contribution >= 0.6 is 0 Å². The number of anilines is 1. The normalized spacial score (nSPS) is 10.5. The van der Waals surface area contributed by atoms with Crippen LogP contribution in [0.5, 0.6) is 5.75 Å². The van der Waals surface area contributed by atoms with E-state index in [9.17, 15) is 31.5 Å². The molecule has 0 aliphatic rings. The van der Waals surface area contributed by atoms with Gasteiger partial charge in [-0.3, -0.25) is 9.59 Å². The van der Waals surface area contributed by atoms with Gasteiger partial charge in [-0.1, -0.05) is 0 Å². The van der Waals surface area contributed by atoms with Gasteiger partial charge >= 0.3 is 6.61 Å². The molecule has 2 aromatic carbocycles. The molecule has 0 bridgehead atoms. The molecule has 2 rings (SSSR count). The van der Waals surface area contributed by atoms with Gasteiger partial charge in [0.2, 0.25) is 5.91 Å². The van der Waals surface area contributed by atoms with E-state index in [4.69, 9.17) is 0 Å². The molecule has 0 atom stereocenters. The van der Waals surface area contributed by atoms with Gasteiger partial charge in [0.05, 0.1) is 12.2 Å². The van der Waals surface area contributed by atoms with Gasteiger partial charge < -0.3 is 15.4 Å². The quantitative estimate of drug-likeness (QED) is 0.603. The molecular formula is C16H11F5N2O3. The molecule has 10 heteroatoms. The zero-order chi connectivity index (χ0) is 19.3. The summed E-state index contributed by atoms with van der Waals surface area (Å²) in [6.07, 6.45) is 0. The van der Waals surface area contributed by atoms with E-state index in [1.54, 1.807) is 0 Å². The first kappa shape index (κ1) is 19.2. The molecule has 0 saturated heterocycles. The highest BCUT2D eigenvalue weighted by atomic mass is 19.3. The van der Waals surface area contributed by atoms with E-state index in [1.807, 2.05) is 5.32 Å². The molecule has 0 heterocycles. The average Bonchev–Trinajstić information content (AvgIpc) is 2.60. The van der Waals surface area contributed by atoms with Crippen LogP contribution < -0.4 is 15.4 Å². The van der Waals surface area contributed by atoms with Gasteiger partial charge in [0.15, 0.2) is 17.5 Å². The predicted octanol–water partition coefficient (Wildman–Crippen LogP) is 3.07. The SMILES string of the molecule is O=C(CNC(=O)c1ccc(OC(F)F)cc1)Nc1ccc(F)c(F)c1F. The zero-order valence-electron chi connectivity index (χ0n) is 12.9. The topological polar surface area (TPSA) is 67.4 Å². The van der Waals surface area contributed by atoms with Gasteiger partial charge in [0.25, 0.3) is 5.91 Å². The minimum atomic E-state index is -3.00. The van der Waals surface area contributed by atoms with E-state index < -0.39 is 48.1 Å². The summed E-state index contributed by atoms with van der Waals surface area (Å²) in [5, 5.41) is 4.17. The Hall–Kier alpha value is -3.17. The molecule has 0 unspecified atom stereocenters. The fourth-order valence-electron chi connectivity index (χ4n) is 1.87. The molecule has 2 aromatic rings. The van der Waals surface area contributed by atoms with Crippen molar-refractivity contribution in [3.05, 3.63) is 59.4 Å². The first-order valence-corrected chi connectivity index (χ1v) is 7.04. The minimum Gasteiger partial charge on any atom is -0.435 e. The molecule has 5 nitrogen and oxygen atoms in total. The van der Waals surface area contributed by atoms with Gasteiger partial charge in [-0.25, -0.2) is 13.2 Å². The molecule has 0 spiro atoms. The van der Waals surface area contributed by atoms with Crippen LogP contribution in [0.3, 0.4) is 0 Å². The van der Waals surface area contributed by atoms with E-state index in [-0.39, 0.29) is 11.3 Å². The van der Waals surface area contributed by atoms with Crippen molar-refractivity contribution < 1.29 is 36.3 Å². The summed E-state index contributed by atoms with van der Waals surface area (Å²) in [5.41, 5.74) is -0.532. The molecule has 2 N–H and O–H groups in total. The largest absolute Gasteiger partial charge is 0.435 e. The Morgan fingerprint density at radius 3 is 2.23 bits per heavy atom. The lowest BCUT2D eigenvalue weighted by Crippen LogP contribution is -2.33. The maximum atomic E-state index is 13.4. The lowest BCUT2D eigenvalue weighted by molar-refractivity contribution is -0.115. The van der Waals surface area contributed by atoms with Gasteiger partial charge in [-0.05, 0) is 36.4 Å². The molecule has 0 aromatic heterocycles. The Bertz CT molecular complexity index is 812. The highest BCUT2D eigenvalue weighted by Gasteiger charge is 2.16. The van der Waals surface area contributed by atoms with Gasteiger partial charge in [0, 0.05) is 5.56 Å². The van der Waals surface area contributed by atoms with Crippen molar-refractivity contribution in [1.82, 2.24) is 5.32 Å². The summed E-state index contributed by atoms with van der Waals surface area (Å²) in [4.78, 5) is 23.5. The summed E-state index contributed by atoms with van der Waals surface area (Å²) >= 11 is 0. The minimum absolute atomic E-state index is 0.0541. The number of halogens is 5. The van der Waals surface area contributed by atoms with Crippen LogP contribution in [0.2, 0.25) is 0 Å². The second-order valence-electron chi connectivity index (χ2n) is 4.86. The van der Waals surface area contributed by atoms with Crippen LogP contribution in [0.4, 0.5) is 27.6 Å². The number of carbonyl (C=O) groups excluding carboxylic acids is 2. The van der Waals surface area contributed by atoms with Crippen LogP contribution in [0.15, 0.2) is 36.4 Å². The smallest absolute Gasteiger partial charge is 0.387 e. The Morgan fingerprint density at radius 1 is 0.962 bits per heavy atom. The van der Waals surface area contributed by atoms with E-state index in [0.717, 1.165) is 18.2 Å². The van der Waals surface area contributed by atoms with Crippen molar-refractivity contribution >= 4 is 17.5 Å². The van der Waals surface area contributed by atoms with Crippen LogP contribution in [0.1, 0.15) is 10.4 Å². The van der Waals surface area contributed by atoms with Crippen LogP contribution in [0.25, 0.3) is 0 Å². The van der Waals surface area contributed by atoms with Gasteiger partial charge in [0.1, 0.15) is 5.75 Å². The van der Waals surface area contributed by atoms with Crippen LogP contribution in [-0.4, -0.2) is 25.0 Å². The summed E-state index contributed by atoms with van der Waals surface area (Å²) in [6.45, 7) is -3.60. The molecule has 138 valence electrons. The molecule has 0 aliphatic carbocycles. The fourth-order valence-corrected chi connectivity index (χ4v) is 1.87. The fraction of sp³-hybridized carbons (Fsp3) is 0.125. The van der Waals surface area contributed by atoms with Crippen LogP contribution in [0, 0.1) is 17.5 Å². The highest BCUT2D eigenvalue weighted by Crippen LogP contribution is 2.19. The number of hydrogen-bond donors (Lipinski definition) is 2. The number of carbonyl (C=O) groups is 2. The van der Waals surface area contributed by atoms with Crippen molar-refractivity contribution in [3.8, 4) is 5.75 Å². The monoisotopic (exact) mass is 374 g/mol. The molecule has 26 heavy (non-hydrogen) atoms. The highest BCUT2D eigenvalue weighted by molar-refractivity contribution is 5.99. The van der Waals surface area contributed by atoms with E-state index in [0.29, 0.717) is 6.07 Å². The third-order valence-electron chi connectivity index (χ3n) is 3.06. The number of rotatable bonds is 6. The number of hydrogen-bond acceptors (Lipinski definition) is 3. The zero-order valence-corrected chi connectivity index (χ0v) is 12.9. The van der Waals surface area contributed by atoms with Crippen LogP contribution in [-0.2, 0) is 4.79 Å². The first-order chi connectivity index (χ1) is 12.3. The molecule has 0 fully saturated rings. The molecule has 0 saturated carbocycles. The van der Waals surface area contributed by atoms with E-state index in [2.05, 4.69) is 10.1 Å². The Morgan fingerprint density at radius 2 is 1.62 bits per heavy atom. The maximum Gasteiger partial charge on any atom is 0.387 e. The Balaban J connectivity index is 1.91. The third-order valence-corrected chi connectivity index (χ3v) is 3.06. The lowest BCUT2D eigenvalue weighted by atomic mass is 10.2. The van der Waals surface area contributed by atoms with Crippen molar-refractivity contribution in [2.75, 3.05) is 11.9 Å². The number of nitrogens with one attached hydrogen (secondary N) is 2. The molecule has 2 amide bonds. The lowest BCUT2D eigenvalue weighted by Gasteiger charge is -2.09. The maximum absolute atomic E-state index is 13.4. The van der Waals surface area contributed by atoms with Gasteiger partial charge in [-0.2, -0.15) is 8.78 Å². The standard InChI is InChI=1S/C16H11F5N2O3/c17-10-5-6-11(14(19)13(10)18)23-12(24)7-22-15(25)8-1-3-9(4-2-8)26-16(20)21/h1-6,16H,7H2,(H,22,25)(H,23,24). The molecular weight excluding hydrogens is 363 g/mol. The summed E-state index contributed by atoms with van der Waals surface area (Å²) in [5.74, 6) is -6.47. The number of alkyl halides is 2. The Kier molecular flexibility index (Phi) is 6.10. The number of amides is 2. The van der Waals surface area contributed by atoms with Crippen molar-refractivity contribution in [1.29, 1.82) is 0 Å². The van der Waals surface area contributed by atoms with Crippen molar-refractivity contribution in [2.45, 2.75) is 6.61 Å². The van der Waals surface area contributed by atoms with Crippen molar-refractivity contribution in [2.24, 2.45) is 0 Å². The summed E-state index contributed by atoms with van der Waals surface area (Å²) < 4.78 is 67.5. The first-order valence-electron chi connectivity index (χ1n) is 7.04. The second kappa shape index (κ2) is 8.28. The third kappa shape index (κ3) is 4.91. The van der Waals surface area contributed by atoms with E-state index in [1.165, 1.54) is 12.1 Å². The summed E-state index contributed by atoms with van der Waals surface area (Å²) in [7, 11) is 0. The Labute approximate surface area is 143 Å². The number of ether oxygens (including phenoxy) is 1. The number of benzene rings is 2. The van der Waals surface area contributed by atoms with Gasteiger partial charge in [-0.15, -0.1) is 0 Å². The second-order valence-corrected chi connectivity index (χ2v) is 4.86. The predicted molar refractivity (Wildman–Crippen MR) is 80.4 cm³/mol. The molecule has 0 radical (unpaired) electrons. The van der Waals surface area contributed by atoms with Crippen molar-refractivity contribution in [3.63, 3.8) is 0 Å². The summed E-state index contributed by atoms with van der Waals surface area (Å²) in [6, 6.07) is 6.13. The van der Waals surface area contributed by atoms with E-state index >= 15 is 0 Å².